The molecule has 1 aromatic carbocycles. The lowest BCUT2D eigenvalue weighted by molar-refractivity contribution is -0.274. The molecule has 7 heteroatoms. The Bertz CT molecular complexity index is 564. The van der Waals surface area contributed by atoms with Gasteiger partial charge in [0.15, 0.2) is 0 Å². The van der Waals surface area contributed by atoms with E-state index in [0.29, 0.717) is 30.6 Å². The van der Waals surface area contributed by atoms with E-state index in [9.17, 15) is 18.0 Å². The van der Waals surface area contributed by atoms with Gasteiger partial charge >= 0.3 is 12.5 Å². The Labute approximate surface area is 126 Å². The second-order valence-corrected chi connectivity index (χ2v) is 6.07. The van der Waals surface area contributed by atoms with E-state index in [0.717, 1.165) is 0 Å². The molecule has 0 aliphatic carbocycles. The van der Waals surface area contributed by atoms with E-state index in [-0.39, 0.29) is 5.75 Å². The summed E-state index contributed by atoms with van der Waals surface area (Å²) in [5.74, 6) is -0.280. The van der Waals surface area contributed by atoms with Gasteiger partial charge in [0.2, 0.25) is 0 Å². The van der Waals surface area contributed by atoms with Crippen LogP contribution in [0.25, 0.3) is 0 Å². The van der Waals surface area contributed by atoms with Crippen LogP contribution in [0.15, 0.2) is 18.2 Å². The van der Waals surface area contributed by atoms with Crippen molar-refractivity contribution in [2.24, 2.45) is 0 Å². The molecule has 2 rings (SSSR count). The Morgan fingerprint density at radius 3 is 2.50 bits per heavy atom. The van der Waals surface area contributed by atoms with Gasteiger partial charge in [0.25, 0.3) is 0 Å². The number of fused-ring (bicyclic) bond motifs is 1. The molecule has 1 aromatic rings. The van der Waals surface area contributed by atoms with Crippen LogP contribution in [-0.4, -0.2) is 24.6 Å². The van der Waals surface area contributed by atoms with Crippen LogP contribution in [0.5, 0.6) is 5.75 Å². The number of ether oxygens (including phenoxy) is 2. The van der Waals surface area contributed by atoms with Gasteiger partial charge in [0, 0.05) is 6.54 Å². The number of rotatable bonds is 1. The summed E-state index contributed by atoms with van der Waals surface area (Å²) in [6.45, 7) is 5.75. The topological polar surface area (TPSA) is 38.8 Å². The van der Waals surface area contributed by atoms with Gasteiger partial charge in [0.1, 0.15) is 11.4 Å². The zero-order chi connectivity index (χ0) is 16.5. The summed E-state index contributed by atoms with van der Waals surface area (Å²) in [6, 6.07) is 3.98. The van der Waals surface area contributed by atoms with E-state index in [1.165, 1.54) is 23.1 Å². The van der Waals surface area contributed by atoms with E-state index in [1.807, 2.05) is 0 Å². The Balaban J connectivity index is 2.23. The minimum atomic E-state index is -4.73. The van der Waals surface area contributed by atoms with Gasteiger partial charge < -0.3 is 9.47 Å². The lowest BCUT2D eigenvalue weighted by atomic mass is 10.0. The maximum Gasteiger partial charge on any atom is 0.573 e. The van der Waals surface area contributed by atoms with Crippen LogP contribution in [0.3, 0.4) is 0 Å². The van der Waals surface area contributed by atoms with Crippen LogP contribution < -0.4 is 9.64 Å². The van der Waals surface area contributed by atoms with Crippen LogP contribution >= 0.6 is 0 Å². The smallest absolute Gasteiger partial charge is 0.443 e. The number of anilines is 1. The van der Waals surface area contributed by atoms with Crippen LogP contribution in [0, 0.1) is 0 Å². The molecule has 0 unspecified atom stereocenters. The molecule has 1 amide bonds. The van der Waals surface area contributed by atoms with Crippen molar-refractivity contribution in [2.75, 3.05) is 11.4 Å². The van der Waals surface area contributed by atoms with E-state index in [2.05, 4.69) is 4.74 Å². The molecule has 0 atom stereocenters. The monoisotopic (exact) mass is 317 g/mol. The first-order valence-electron chi connectivity index (χ1n) is 6.94. The normalized spacial score (nSPS) is 15.3. The van der Waals surface area contributed by atoms with Crippen LogP contribution in [0.1, 0.15) is 32.8 Å². The van der Waals surface area contributed by atoms with Gasteiger partial charge in [-0.1, -0.05) is 0 Å². The second-order valence-electron chi connectivity index (χ2n) is 6.07. The summed E-state index contributed by atoms with van der Waals surface area (Å²) in [5.41, 5.74) is 0.572. The van der Waals surface area contributed by atoms with E-state index in [4.69, 9.17) is 4.74 Å². The Morgan fingerprint density at radius 2 is 1.91 bits per heavy atom. The number of carbonyl (C=O) groups is 1. The zero-order valence-electron chi connectivity index (χ0n) is 12.7. The number of aryl methyl sites for hydroxylation is 1. The molecular formula is C15H18F3NO3. The molecule has 122 valence electrons. The van der Waals surface area contributed by atoms with Gasteiger partial charge in [-0.15, -0.1) is 13.2 Å². The summed E-state index contributed by atoms with van der Waals surface area (Å²) >= 11 is 0. The predicted molar refractivity (Wildman–Crippen MR) is 75.0 cm³/mol. The van der Waals surface area contributed by atoms with Crippen molar-refractivity contribution in [3.8, 4) is 5.75 Å². The molecule has 0 fully saturated rings. The van der Waals surface area contributed by atoms with Crippen molar-refractivity contribution < 1.29 is 27.4 Å². The van der Waals surface area contributed by atoms with E-state index >= 15 is 0 Å². The highest BCUT2D eigenvalue weighted by molar-refractivity contribution is 5.89. The number of hydrogen-bond donors (Lipinski definition) is 0. The van der Waals surface area contributed by atoms with Crippen molar-refractivity contribution in [1.82, 2.24) is 0 Å². The fraction of sp³-hybridized carbons (Fsp3) is 0.533. The maximum absolute atomic E-state index is 12.3. The minimum Gasteiger partial charge on any atom is -0.443 e. The minimum absolute atomic E-state index is 0.280. The molecule has 1 aliphatic rings. The summed E-state index contributed by atoms with van der Waals surface area (Å²) in [5, 5.41) is 0. The molecule has 0 N–H and O–H groups in total. The number of benzene rings is 1. The van der Waals surface area contributed by atoms with Gasteiger partial charge in [-0.2, -0.15) is 0 Å². The Morgan fingerprint density at radius 1 is 1.23 bits per heavy atom. The van der Waals surface area contributed by atoms with Crippen molar-refractivity contribution in [2.45, 2.75) is 45.6 Å². The molecule has 0 saturated heterocycles. The van der Waals surface area contributed by atoms with Crippen LogP contribution in [-0.2, 0) is 11.2 Å². The highest BCUT2D eigenvalue weighted by Gasteiger charge is 2.32. The van der Waals surface area contributed by atoms with Crippen LogP contribution in [0.4, 0.5) is 23.7 Å². The second kappa shape index (κ2) is 5.70. The standard InChI is InChI=1S/C15H18F3NO3/c1-14(2,3)22-13(20)19-8-4-5-10-9-11(6-7-12(10)19)21-15(16,17)18/h6-7,9H,4-5,8H2,1-3H3. The maximum atomic E-state index is 12.3. The lowest BCUT2D eigenvalue weighted by Crippen LogP contribution is -2.39. The van der Waals surface area contributed by atoms with Crippen molar-refractivity contribution >= 4 is 11.8 Å². The third kappa shape index (κ3) is 4.29. The Hall–Kier alpha value is -1.92. The Kier molecular flexibility index (Phi) is 4.26. The highest BCUT2D eigenvalue weighted by atomic mass is 19.4. The van der Waals surface area contributed by atoms with Crippen LogP contribution in [0.2, 0.25) is 0 Å². The molecule has 4 nitrogen and oxygen atoms in total. The van der Waals surface area contributed by atoms with Gasteiger partial charge in [-0.3, -0.25) is 4.90 Å². The summed E-state index contributed by atoms with van der Waals surface area (Å²) in [6.07, 6.45) is -3.99. The quantitative estimate of drug-likeness (QED) is 0.776. The van der Waals surface area contributed by atoms with Crippen molar-refractivity contribution in [1.29, 1.82) is 0 Å². The van der Waals surface area contributed by atoms with Gasteiger partial charge in [-0.25, -0.2) is 4.79 Å². The third-order valence-corrected chi connectivity index (χ3v) is 3.02. The van der Waals surface area contributed by atoms with E-state index in [1.54, 1.807) is 20.8 Å². The fourth-order valence-corrected chi connectivity index (χ4v) is 2.28. The van der Waals surface area contributed by atoms with Gasteiger partial charge in [-0.05, 0) is 57.4 Å². The van der Waals surface area contributed by atoms with Crippen molar-refractivity contribution in [3.05, 3.63) is 23.8 Å². The number of nitrogens with zero attached hydrogens (tertiary/aromatic N) is 1. The molecule has 0 radical (unpaired) electrons. The molecular weight excluding hydrogens is 299 g/mol. The van der Waals surface area contributed by atoms with Crippen molar-refractivity contribution in [3.63, 3.8) is 0 Å². The first-order chi connectivity index (χ1) is 10.1. The predicted octanol–water partition coefficient (Wildman–Crippen LogP) is 4.27. The first kappa shape index (κ1) is 16.5. The largest absolute Gasteiger partial charge is 0.573 e. The van der Waals surface area contributed by atoms with Gasteiger partial charge in [0.05, 0.1) is 5.69 Å². The average Bonchev–Trinajstić information content (AvgIpc) is 2.33. The molecule has 22 heavy (non-hydrogen) atoms. The summed E-state index contributed by atoms with van der Waals surface area (Å²) in [4.78, 5) is 13.6. The lowest BCUT2D eigenvalue weighted by Gasteiger charge is -2.31. The first-order valence-corrected chi connectivity index (χ1v) is 6.94. The molecule has 0 saturated carbocycles. The highest BCUT2D eigenvalue weighted by Crippen LogP contribution is 2.33. The molecule has 0 aromatic heterocycles. The molecule has 0 spiro atoms. The molecule has 1 aliphatic heterocycles. The fourth-order valence-electron chi connectivity index (χ4n) is 2.28. The zero-order valence-corrected chi connectivity index (χ0v) is 12.7. The average molecular weight is 317 g/mol. The number of halogens is 3. The summed E-state index contributed by atoms with van der Waals surface area (Å²) in [7, 11) is 0. The molecule has 1 heterocycles. The molecule has 0 bridgehead atoms. The third-order valence-electron chi connectivity index (χ3n) is 3.02. The number of amides is 1. The summed E-state index contributed by atoms with van der Waals surface area (Å²) < 4.78 is 46.0. The number of carbonyl (C=O) groups excluding carboxylic acids is 1. The number of alkyl halides is 3. The number of hydrogen-bond acceptors (Lipinski definition) is 3. The van der Waals surface area contributed by atoms with E-state index < -0.39 is 18.1 Å². The SMILES string of the molecule is CC(C)(C)OC(=O)N1CCCc2cc(OC(F)(F)F)ccc21.